The van der Waals surface area contributed by atoms with Gasteiger partial charge in [-0.15, -0.1) is 0 Å². The zero-order chi connectivity index (χ0) is 13.6. The molecule has 5 heteroatoms. The largest absolute Gasteiger partial charge is 0.343 e. The highest BCUT2D eigenvalue weighted by Crippen LogP contribution is 2.40. The number of rotatable bonds is 2. The lowest BCUT2D eigenvalue weighted by molar-refractivity contribution is 0.275. The lowest BCUT2D eigenvalue weighted by atomic mass is 9.74. The second-order valence-electron chi connectivity index (χ2n) is 6.27. The second kappa shape index (κ2) is 4.20. The van der Waals surface area contributed by atoms with Crippen molar-refractivity contribution in [2.45, 2.75) is 46.2 Å². The molecule has 0 saturated carbocycles. The number of aryl methyl sites for hydroxylation is 1. The molecule has 0 radical (unpaired) electrons. The number of hydrogen-bond donors (Lipinski definition) is 1. The summed E-state index contributed by atoms with van der Waals surface area (Å²) in [6.45, 7) is 7.31. The Balaban J connectivity index is 2.02. The smallest absolute Gasteiger partial charge is 0.213 e. The number of nitrogens with two attached hydrogens (primary N) is 1. The second-order valence-corrected chi connectivity index (χ2v) is 6.27. The molecular formula is C14H20N4O. The Bertz CT molecular complexity index is 583. The zero-order valence-corrected chi connectivity index (χ0v) is 11.7. The summed E-state index contributed by atoms with van der Waals surface area (Å²) in [4.78, 5) is 4.11. The fourth-order valence-corrected chi connectivity index (χ4v) is 3.13. The van der Waals surface area contributed by atoms with Crippen molar-refractivity contribution in [1.82, 2.24) is 14.7 Å². The van der Waals surface area contributed by atoms with E-state index in [2.05, 4.69) is 41.5 Å². The maximum atomic E-state index is 6.31. The normalized spacial score (nSPS) is 21.4. The Hall–Kier alpha value is -1.62. The molecule has 0 fully saturated rings. The van der Waals surface area contributed by atoms with Crippen LogP contribution in [0.2, 0.25) is 0 Å². The van der Waals surface area contributed by atoms with E-state index in [0.717, 1.165) is 12.8 Å². The molecule has 5 nitrogen and oxygen atoms in total. The Labute approximate surface area is 112 Å². The molecule has 3 rings (SSSR count). The van der Waals surface area contributed by atoms with Crippen molar-refractivity contribution in [3.63, 3.8) is 0 Å². The average Bonchev–Trinajstić information content (AvgIpc) is 2.90. The van der Waals surface area contributed by atoms with Gasteiger partial charge in [-0.1, -0.05) is 19.0 Å². The minimum absolute atomic E-state index is 0.129. The van der Waals surface area contributed by atoms with Gasteiger partial charge in [0, 0.05) is 17.4 Å². The van der Waals surface area contributed by atoms with E-state index in [1.807, 2.05) is 0 Å². The maximum Gasteiger partial charge on any atom is 0.213 e. The average molecular weight is 260 g/mol. The summed E-state index contributed by atoms with van der Waals surface area (Å²) in [7, 11) is 0. The van der Waals surface area contributed by atoms with Crippen LogP contribution in [0.1, 0.15) is 49.1 Å². The molecule has 1 unspecified atom stereocenters. The van der Waals surface area contributed by atoms with Gasteiger partial charge in [0.25, 0.3) is 0 Å². The third-order valence-electron chi connectivity index (χ3n) is 3.97. The van der Waals surface area contributed by atoms with Gasteiger partial charge in [0.2, 0.25) is 6.39 Å². The van der Waals surface area contributed by atoms with Crippen molar-refractivity contribution < 1.29 is 4.52 Å². The maximum absolute atomic E-state index is 6.31. The Morgan fingerprint density at radius 1 is 1.53 bits per heavy atom. The topological polar surface area (TPSA) is 69.9 Å². The summed E-state index contributed by atoms with van der Waals surface area (Å²) in [5.41, 5.74) is 10.4. The Morgan fingerprint density at radius 2 is 2.32 bits per heavy atom. The highest BCUT2D eigenvalue weighted by atomic mass is 16.5. The van der Waals surface area contributed by atoms with Crippen molar-refractivity contribution in [2.75, 3.05) is 0 Å². The van der Waals surface area contributed by atoms with Gasteiger partial charge in [0.15, 0.2) is 5.82 Å². The van der Waals surface area contributed by atoms with Crippen LogP contribution in [-0.2, 0) is 13.0 Å². The molecule has 2 heterocycles. The zero-order valence-electron chi connectivity index (χ0n) is 11.7. The van der Waals surface area contributed by atoms with E-state index in [1.165, 1.54) is 23.3 Å². The van der Waals surface area contributed by atoms with Gasteiger partial charge in [-0.2, -0.15) is 4.98 Å². The summed E-state index contributed by atoms with van der Waals surface area (Å²) >= 11 is 0. The minimum Gasteiger partial charge on any atom is -0.343 e. The van der Waals surface area contributed by atoms with Crippen LogP contribution < -0.4 is 5.73 Å². The lowest BCUT2D eigenvalue weighted by Crippen LogP contribution is -2.30. The first-order valence-corrected chi connectivity index (χ1v) is 6.66. The molecular weight excluding hydrogens is 240 g/mol. The van der Waals surface area contributed by atoms with Crippen LogP contribution in [0.5, 0.6) is 0 Å². The first kappa shape index (κ1) is 12.4. The summed E-state index contributed by atoms with van der Waals surface area (Å²) in [5, 5.41) is 3.90. The van der Waals surface area contributed by atoms with Crippen LogP contribution in [0, 0.1) is 12.3 Å². The number of hydrogen-bond acceptors (Lipinski definition) is 4. The molecule has 1 aliphatic carbocycles. The van der Waals surface area contributed by atoms with Crippen LogP contribution in [0.15, 0.2) is 17.0 Å². The van der Waals surface area contributed by atoms with Gasteiger partial charge in [0.1, 0.15) is 0 Å². The standard InChI is InChI=1S/C14H20N4O/c1-9-4-10-11(15)5-14(2,3)6-12(10)18(9)7-13-16-8-19-17-13/h4,8,11H,5-7,15H2,1-3H3. The van der Waals surface area contributed by atoms with Gasteiger partial charge in [-0.25, -0.2) is 0 Å². The van der Waals surface area contributed by atoms with Gasteiger partial charge >= 0.3 is 0 Å². The summed E-state index contributed by atoms with van der Waals surface area (Å²) in [6, 6.07) is 2.33. The predicted octanol–water partition coefficient (Wildman–Crippen LogP) is 2.20. The SMILES string of the molecule is Cc1cc2c(n1Cc1ncon1)CC(C)(C)CC2N. The third kappa shape index (κ3) is 2.18. The predicted molar refractivity (Wildman–Crippen MR) is 71.6 cm³/mol. The van der Waals surface area contributed by atoms with Crippen LogP contribution in [0.4, 0.5) is 0 Å². The molecule has 0 aliphatic heterocycles. The van der Waals surface area contributed by atoms with Crippen LogP contribution in [0.3, 0.4) is 0 Å². The fraction of sp³-hybridized carbons (Fsp3) is 0.571. The van der Waals surface area contributed by atoms with E-state index in [9.17, 15) is 0 Å². The quantitative estimate of drug-likeness (QED) is 0.898. The minimum atomic E-state index is 0.129. The molecule has 1 aliphatic rings. The molecule has 102 valence electrons. The fourth-order valence-electron chi connectivity index (χ4n) is 3.13. The highest BCUT2D eigenvalue weighted by Gasteiger charge is 2.33. The third-order valence-corrected chi connectivity index (χ3v) is 3.97. The van der Waals surface area contributed by atoms with Gasteiger partial charge in [-0.05, 0) is 36.8 Å². The van der Waals surface area contributed by atoms with Crippen LogP contribution >= 0.6 is 0 Å². The van der Waals surface area contributed by atoms with E-state index in [-0.39, 0.29) is 11.5 Å². The molecule has 2 N–H and O–H groups in total. The molecule has 2 aromatic heterocycles. The number of fused-ring (bicyclic) bond motifs is 1. The number of nitrogens with zero attached hydrogens (tertiary/aromatic N) is 3. The van der Waals surface area contributed by atoms with Crippen LogP contribution in [0.25, 0.3) is 0 Å². The molecule has 0 saturated heterocycles. The van der Waals surface area contributed by atoms with Crippen molar-refractivity contribution in [1.29, 1.82) is 0 Å². The molecule has 1 atom stereocenters. The molecule has 0 amide bonds. The summed E-state index contributed by atoms with van der Waals surface area (Å²) < 4.78 is 7.07. The van der Waals surface area contributed by atoms with Crippen LogP contribution in [-0.4, -0.2) is 14.7 Å². The van der Waals surface area contributed by atoms with E-state index in [0.29, 0.717) is 12.4 Å². The molecule has 0 aromatic carbocycles. The van der Waals surface area contributed by atoms with Gasteiger partial charge in [0.05, 0.1) is 6.54 Å². The molecule has 19 heavy (non-hydrogen) atoms. The monoisotopic (exact) mass is 260 g/mol. The van der Waals surface area contributed by atoms with E-state index in [1.54, 1.807) is 0 Å². The first-order chi connectivity index (χ1) is 8.96. The number of aromatic nitrogens is 3. The summed E-state index contributed by atoms with van der Waals surface area (Å²) in [5.74, 6) is 0.707. The van der Waals surface area contributed by atoms with E-state index >= 15 is 0 Å². The Kier molecular flexibility index (Phi) is 2.74. The van der Waals surface area contributed by atoms with E-state index in [4.69, 9.17) is 10.3 Å². The van der Waals surface area contributed by atoms with Crippen molar-refractivity contribution in [3.05, 3.63) is 35.2 Å². The molecule has 0 spiro atoms. The van der Waals surface area contributed by atoms with Gasteiger partial charge in [-0.3, -0.25) is 0 Å². The van der Waals surface area contributed by atoms with E-state index < -0.39 is 0 Å². The first-order valence-electron chi connectivity index (χ1n) is 6.66. The molecule has 2 aromatic rings. The van der Waals surface area contributed by atoms with Crippen molar-refractivity contribution >= 4 is 0 Å². The Morgan fingerprint density at radius 3 is 3.00 bits per heavy atom. The van der Waals surface area contributed by atoms with Gasteiger partial charge < -0.3 is 14.8 Å². The highest BCUT2D eigenvalue weighted by molar-refractivity contribution is 5.34. The summed E-state index contributed by atoms with van der Waals surface area (Å²) in [6.07, 6.45) is 3.45. The van der Waals surface area contributed by atoms with Crippen molar-refractivity contribution in [3.8, 4) is 0 Å². The molecule has 0 bridgehead atoms. The van der Waals surface area contributed by atoms with Crippen molar-refractivity contribution in [2.24, 2.45) is 11.1 Å². The lowest BCUT2D eigenvalue weighted by Gasteiger charge is -2.34.